The van der Waals surface area contributed by atoms with Crippen LogP contribution in [-0.4, -0.2) is 33.7 Å². The van der Waals surface area contributed by atoms with Crippen molar-refractivity contribution in [3.8, 4) is 0 Å². The van der Waals surface area contributed by atoms with Gasteiger partial charge in [-0.3, -0.25) is 9.48 Å². The van der Waals surface area contributed by atoms with Crippen LogP contribution < -0.4 is 0 Å². The molecule has 0 spiro atoms. The molecule has 5 heteroatoms. The fourth-order valence-corrected chi connectivity index (χ4v) is 3.61. The van der Waals surface area contributed by atoms with Crippen LogP contribution in [0.3, 0.4) is 0 Å². The lowest BCUT2D eigenvalue weighted by atomic mass is 9.91. The summed E-state index contributed by atoms with van der Waals surface area (Å²) >= 11 is 0. The highest BCUT2D eigenvalue weighted by atomic mass is 19.1. The molecule has 1 fully saturated rings. The van der Waals surface area contributed by atoms with E-state index < -0.39 is 0 Å². The first-order valence-electron chi connectivity index (χ1n) is 9.23. The molecular weight excluding hydrogens is 317 g/mol. The summed E-state index contributed by atoms with van der Waals surface area (Å²) in [5.74, 6) is 0.371. The van der Waals surface area contributed by atoms with Crippen LogP contribution in [0, 0.1) is 11.7 Å². The number of hydrogen-bond donors (Lipinski definition) is 0. The van der Waals surface area contributed by atoms with Gasteiger partial charge in [-0.15, -0.1) is 0 Å². The second-order valence-corrected chi connectivity index (χ2v) is 6.83. The summed E-state index contributed by atoms with van der Waals surface area (Å²) in [5.41, 5.74) is 1.45. The highest BCUT2D eigenvalue weighted by molar-refractivity contribution is 5.92. The van der Waals surface area contributed by atoms with Gasteiger partial charge in [0.05, 0.1) is 0 Å². The normalized spacial score (nSPS) is 17.7. The van der Waals surface area contributed by atoms with E-state index in [2.05, 4.69) is 12.0 Å². The number of carbonyl (C=O) groups is 1. The minimum Gasteiger partial charge on any atom is -0.337 e. The van der Waals surface area contributed by atoms with Crippen molar-refractivity contribution in [3.63, 3.8) is 0 Å². The number of halogens is 1. The number of hydrogen-bond acceptors (Lipinski definition) is 2. The molecule has 4 nitrogen and oxygen atoms in total. The Morgan fingerprint density at radius 2 is 2.16 bits per heavy atom. The minimum atomic E-state index is -0.130. The number of carbonyl (C=O) groups excluding carboxylic acids is 1. The van der Waals surface area contributed by atoms with Crippen LogP contribution in [0.1, 0.15) is 48.7 Å². The smallest absolute Gasteiger partial charge is 0.272 e. The highest BCUT2D eigenvalue weighted by Crippen LogP contribution is 2.23. The van der Waals surface area contributed by atoms with Gasteiger partial charge >= 0.3 is 0 Å². The summed E-state index contributed by atoms with van der Waals surface area (Å²) in [6.45, 7) is 4.39. The van der Waals surface area contributed by atoms with Gasteiger partial charge in [-0.05, 0) is 55.7 Å². The lowest BCUT2D eigenvalue weighted by Crippen LogP contribution is -2.41. The van der Waals surface area contributed by atoms with Crippen molar-refractivity contribution >= 4 is 5.91 Å². The van der Waals surface area contributed by atoms with E-state index >= 15 is 0 Å². The van der Waals surface area contributed by atoms with E-state index in [1.165, 1.54) is 6.07 Å². The molecule has 2 aromatic rings. The number of aromatic nitrogens is 2. The molecule has 134 valence electrons. The molecular formula is C20H26FN3O. The van der Waals surface area contributed by atoms with E-state index in [0.29, 0.717) is 11.6 Å². The molecule has 2 heterocycles. The maximum absolute atomic E-state index is 13.8. The Kier molecular flexibility index (Phi) is 5.84. The molecule has 25 heavy (non-hydrogen) atoms. The first kappa shape index (κ1) is 17.6. The number of amides is 1. The van der Waals surface area contributed by atoms with Crippen molar-refractivity contribution in [2.75, 3.05) is 13.1 Å². The first-order chi connectivity index (χ1) is 12.2. The lowest BCUT2D eigenvalue weighted by Gasteiger charge is -2.33. The third kappa shape index (κ3) is 4.27. The van der Waals surface area contributed by atoms with Gasteiger partial charge in [-0.25, -0.2) is 4.39 Å². The molecule has 1 aromatic heterocycles. The van der Waals surface area contributed by atoms with E-state index in [0.717, 1.165) is 57.3 Å². The number of rotatable bonds is 6. The Morgan fingerprint density at radius 3 is 2.96 bits per heavy atom. The van der Waals surface area contributed by atoms with E-state index in [4.69, 9.17) is 0 Å². The zero-order valence-electron chi connectivity index (χ0n) is 14.8. The summed E-state index contributed by atoms with van der Waals surface area (Å²) in [7, 11) is 0. The molecule has 1 atom stereocenters. The van der Waals surface area contributed by atoms with Crippen LogP contribution in [-0.2, 0) is 13.0 Å². The van der Waals surface area contributed by atoms with Gasteiger partial charge in [-0.2, -0.15) is 5.10 Å². The number of piperidine rings is 1. The van der Waals surface area contributed by atoms with Gasteiger partial charge < -0.3 is 4.90 Å². The molecule has 1 saturated heterocycles. The zero-order chi connectivity index (χ0) is 17.6. The molecule has 0 aliphatic carbocycles. The molecule has 0 saturated carbocycles. The highest BCUT2D eigenvalue weighted by Gasteiger charge is 2.26. The Balaban J connectivity index is 1.60. The van der Waals surface area contributed by atoms with Gasteiger partial charge in [0.1, 0.15) is 11.5 Å². The Hall–Kier alpha value is -2.17. The maximum Gasteiger partial charge on any atom is 0.272 e. The van der Waals surface area contributed by atoms with Crippen molar-refractivity contribution in [2.45, 2.75) is 45.6 Å². The van der Waals surface area contributed by atoms with Gasteiger partial charge in [0, 0.05) is 25.8 Å². The number of benzene rings is 1. The summed E-state index contributed by atoms with van der Waals surface area (Å²) < 4.78 is 15.6. The molecule has 0 radical (unpaired) electrons. The predicted molar refractivity (Wildman–Crippen MR) is 95.9 cm³/mol. The first-order valence-corrected chi connectivity index (χ1v) is 9.23. The third-order valence-corrected chi connectivity index (χ3v) is 4.96. The fraction of sp³-hybridized carbons (Fsp3) is 0.500. The van der Waals surface area contributed by atoms with Crippen LogP contribution in [0.5, 0.6) is 0 Å². The van der Waals surface area contributed by atoms with Crippen molar-refractivity contribution < 1.29 is 9.18 Å². The van der Waals surface area contributed by atoms with Gasteiger partial charge in [0.15, 0.2) is 0 Å². The number of nitrogens with zero attached hydrogens (tertiary/aromatic N) is 3. The van der Waals surface area contributed by atoms with Crippen LogP contribution >= 0.6 is 0 Å². The van der Waals surface area contributed by atoms with E-state index in [-0.39, 0.29) is 11.7 Å². The Morgan fingerprint density at radius 1 is 1.32 bits per heavy atom. The molecule has 0 bridgehead atoms. The topological polar surface area (TPSA) is 38.1 Å². The monoisotopic (exact) mass is 343 g/mol. The SMILES string of the molecule is CCCn1nccc1C(=O)N1CCC[C@H](CCc2ccccc2F)C1. The molecule has 3 rings (SSSR count). The quantitative estimate of drug-likeness (QED) is 0.797. The molecule has 1 aromatic carbocycles. The molecule has 1 aliphatic rings. The predicted octanol–water partition coefficient (Wildman–Crippen LogP) is 3.92. The van der Waals surface area contributed by atoms with E-state index in [9.17, 15) is 9.18 Å². The average Bonchev–Trinajstić information content (AvgIpc) is 3.09. The van der Waals surface area contributed by atoms with Crippen LogP contribution in [0.2, 0.25) is 0 Å². The van der Waals surface area contributed by atoms with Gasteiger partial charge in [0.2, 0.25) is 0 Å². The summed E-state index contributed by atoms with van der Waals surface area (Å²) in [5, 5.41) is 4.25. The third-order valence-electron chi connectivity index (χ3n) is 4.96. The summed E-state index contributed by atoms with van der Waals surface area (Å²) in [6.07, 6.45) is 6.41. The van der Waals surface area contributed by atoms with E-state index in [1.54, 1.807) is 23.0 Å². The largest absolute Gasteiger partial charge is 0.337 e. The number of aryl methyl sites for hydroxylation is 2. The minimum absolute atomic E-state index is 0.0709. The second kappa shape index (κ2) is 8.28. The zero-order valence-corrected chi connectivity index (χ0v) is 14.8. The average molecular weight is 343 g/mol. The molecule has 1 aliphatic heterocycles. The van der Waals surface area contributed by atoms with Crippen LogP contribution in [0.25, 0.3) is 0 Å². The van der Waals surface area contributed by atoms with Crippen molar-refractivity contribution in [1.29, 1.82) is 0 Å². The maximum atomic E-state index is 13.8. The molecule has 0 unspecified atom stereocenters. The lowest BCUT2D eigenvalue weighted by molar-refractivity contribution is 0.0655. The molecule has 1 amide bonds. The van der Waals surface area contributed by atoms with Gasteiger partial charge in [0.25, 0.3) is 5.91 Å². The van der Waals surface area contributed by atoms with Crippen LogP contribution in [0.4, 0.5) is 4.39 Å². The summed E-state index contributed by atoms with van der Waals surface area (Å²) in [6, 6.07) is 8.77. The van der Waals surface area contributed by atoms with E-state index in [1.807, 2.05) is 17.0 Å². The van der Waals surface area contributed by atoms with Crippen molar-refractivity contribution in [3.05, 3.63) is 53.6 Å². The van der Waals surface area contributed by atoms with Gasteiger partial charge in [-0.1, -0.05) is 25.1 Å². The standard InChI is InChI=1S/C20H26FN3O/c1-2-13-24-19(11-12-22-24)20(25)23-14-5-6-16(15-23)9-10-17-7-3-4-8-18(17)21/h3-4,7-8,11-12,16H,2,5-6,9-10,13-15H2,1H3/t16-/m1/s1. The molecule has 0 N–H and O–H groups in total. The van der Waals surface area contributed by atoms with Crippen molar-refractivity contribution in [2.24, 2.45) is 5.92 Å². The van der Waals surface area contributed by atoms with Crippen molar-refractivity contribution in [1.82, 2.24) is 14.7 Å². The van der Waals surface area contributed by atoms with Crippen LogP contribution in [0.15, 0.2) is 36.5 Å². The Labute approximate surface area is 148 Å². The fourth-order valence-electron chi connectivity index (χ4n) is 3.61. The summed E-state index contributed by atoms with van der Waals surface area (Å²) in [4.78, 5) is 14.8. The number of likely N-dealkylation sites (tertiary alicyclic amines) is 1. The Bertz CT molecular complexity index is 712. The second-order valence-electron chi connectivity index (χ2n) is 6.83.